The van der Waals surface area contributed by atoms with Gasteiger partial charge in [0.05, 0.1) is 44.4 Å². The Hall–Kier alpha value is -3.01. The minimum absolute atomic E-state index is 0.0894. The highest BCUT2D eigenvalue weighted by Gasteiger charge is 2.30. The van der Waals surface area contributed by atoms with Crippen molar-refractivity contribution in [1.29, 1.82) is 0 Å². The van der Waals surface area contributed by atoms with E-state index in [0.717, 1.165) is 47.6 Å². The summed E-state index contributed by atoms with van der Waals surface area (Å²) in [5, 5.41) is 3.61. The number of H-pyrrole nitrogens is 1. The summed E-state index contributed by atoms with van der Waals surface area (Å²) < 4.78 is 11.2. The summed E-state index contributed by atoms with van der Waals surface area (Å²) in [5.74, 6) is 0. The maximum Gasteiger partial charge on any atom is 0.320 e. The van der Waals surface area contributed by atoms with E-state index in [2.05, 4.69) is 27.4 Å². The molecule has 178 valence electrons. The maximum absolute atomic E-state index is 13.2. The van der Waals surface area contributed by atoms with Crippen LogP contribution >= 0.6 is 0 Å². The summed E-state index contributed by atoms with van der Waals surface area (Å²) >= 11 is 0. The van der Waals surface area contributed by atoms with Crippen LogP contribution in [0.3, 0.4) is 0 Å². The summed E-state index contributed by atoms with van der Waals surface area (Å²) in [6.07, 6.45) is 4.60. The normalized spacial score (nSPS) is 21.0. The first-order chi connectivity index (χ1) is 16.7. The number of aryl methyl sites for hydroxylation is 1. The van der Waals surface area contributed by atoms with E-state index in [1.807, 2.05) is 29.1 Å². The average Bonchev–Trinajstić information content (AvgIpc) is 3.28. The Morgan fingerprint density at radius 3 is 2.82 bits per heavy atom. The molecule has 2 aromatic heterocycles. The van der Waals surface area contributed by atoms with E-state index < -0.39 is 0 Å². The number of urea groups is 1. The van der Waals surface area contributed by atoms with E-state index in [4.69, 9.17) is 14.5 Å². The molecule has 0 bridgehead atoms. The van der Waals surface area contributed by atoms with Gasteiger partial charge in [-0.2, -0.15) is 0 Å². The number of benzene rings is 1. The molecule has 0 spiro atoms. The van der Waals surface area contributed by atoms with Crippen LogP contribution < -0.4 is 5.32 Å². The van der Waals surface area contributed by atoms with Crippen molar-refractivity contribution < 1.29 is 14.3 Å². The van der Waals surface area contributed by atoms with Crippen LogP contribution in [0.5, 0.6) is 0 Å². The molecule has 1 aromatic carbocycles. The molecule has 2 amide bonds. The van der Waals surface area contributed by atoms with Gasteiger partial charge < -0.3 is 29.6 Å². The third-order valence-electron chi connectivity index (χ3n) is 7.09. The SMILES string of the molecule is Cc1c[nH]c2ncc(-c3cc4c(c([C@@H]5COCCN5)c3)CN(C(=O)N3CCOCC3)CC4)nc12. The fourth-order valence-electron chi connectivity index (χ4n) is 5.19. The van der Waals surface area contributed by atoms with Crippen LogP contribution in [0.2, 0.25) is 0 Å². The zero-order chi connectivity index (χ0) is 23.1. The summed E-state index contributed by atoms with van der Waals surface area (Å²) in [6, 6.07) is 4.64. The number of carbonyl (C=O) groups excluding carboxylic acids is 1. The molecule has 3 aromatic rings. The number of hydrogen-bond donors (Lipinski definition) is 2. The van der Waals surface area contributed by atoms with Crippen LogP contribution in [0.4, 0.5) is 4.79 Å². The molecule has 0 radical (unpaired) electrons. The van der Waals surface area contributed by atoms with Gasteiger partial charge in [0.25, 0.3) is 0 Å². The molecule has 2 N–H and O–H groups in total. The Balaban J connectivity index is 1.37. The van der Waals surface area contributed by atoms with Crippen LogP contribution in [0.15, 0.2) is 24.5 Å². The Morgan fingerprint density at radius 1 is 1.12 bits per heavy atom. The van der Waals surface area contributed by atoms with E-state index in [1.54, 1.807) is 0 Å². The second kappa shape index (κ2) is 8.98. The summed E-state index contributed by atoms with van der Waals surface area (Å²) in [4.78, 5) is 29.8. The number of rotatable bonds is 2. The van der Waals surface area contributed by atoms with E-state index in [-0.39, 0.29) is 12.1 Å². The topological polar surface area (TPSA) is 95.6 Å². The van der Waals surface area contributed by atoms with Gasteiger partial charge >= 0.3 is 6.03 Å². The second-order valence-corrected chi connectivity index (χ2v) is 9.26. The van der Waals surface area contributed by atoms with E-state index >= 15 is 0 Å². The van der Waals surface area contributed by atoms with Crippen molar-refractivity contribution >= 4 is 17.2 Å². The van der Waals surface area contributed by atoms with E-state index in [1.165, 1.54) is 16.7 Å². The van der Waals surface area contributed by atoms with Gasteiger partial charge in [-0.3, -0.25) is 0 Å². The number of aromatic nitrogens is 3. The first-order valence-electron chi connectivity index (χ1n) is 12.1. The molecule has 0 unspecified atom stereocenters. The lowest BCUT2D eigenvalue weighted by Crippen LogP contribution is -2.49. The van der Waals surface area contributed by atoms with Crippen molar-refractivity contribution in [3.8, 4) is 11.3 Å². The summed E-state index contributed by atoms with van der Waals surface area (Å²) in [5.41, 5.74) is 8.41. The van der Waals surface area contributed by atoms with Crippen molar-refractivity contribution in [2.75, 3.05) is 52.6 Å². The van der Waals surface area contributed by atoms with Crippen molar-refractivity contribution in [3.05, 3.63) is 46.8 Å². The Bertz CT molecular complexity index is 1210. The number of nitrogens with zero attached hydrogens (tertiary/aromatic N) is 4. The summed E-state index contributed by atoms with van der Waals surface area (Å²) in [6.45, 7) is 8.05. The zero-order valence-corrected chi connectivity index (χ0v) is 19.5. The van der Waals surface area contributed by atoms with Gasteiger partial charge in [0.2, 0.25) is 0 Å². The molecule has 9 nitrogen and oxygen atoms in total. The van der Waals surface area contributed by atoms with Crippen molar-refractivity contribution in [3.63, 3.8) is 0 Å². The zero-order valence-electron chi connectivity index (χ0n) is 19.5. The first-order valence-corrected chi connectivity index (χ1v) is 12.1. The third kappa shape index (κ3) is 3.93. The standard InChI is InChI=1S/C25H30N6O3/c1-16-12-27-24-23(16)29-21(13-28-24)18-10-17-2-4-31(25(32)30-5-8-33-9-6-30)14-20(17)19(11-18)22-15-34-7-3-26-22/h10-13,22,26H,2-9,14-15H2,1H3,(H,27,28)/t22-/m0/s1. The number of amides is 2. The van der Waals surface area contributed by atoms with E-state index in [9.17, 15) is 4.79 Å². The van der Waals surface area contributed by atoms with Crippen LogP contribution in [0.25, 0.3) is 22.4 Å². The molecule has 6 rings (SSSR count). The van der Waals surface area contributed by atoms with Gasteiger partial charge in [-0.25, -0.2) is 14.8 Å². The van der Waals surface area contributed by atoms with Crippen molar-refractivity contribution in [1.82, 2.24) is 30.1 Å². The van der Waals surface area contributed by atoms with E-state index in [0.29, 0.717) is 46.0 Å². The second-order valence-electron chi connectivity index (χ2n) is 9.26. The number of carbonyl (C=O) groups is 1. The van der Waals surface area contributed by atoms with Gasteiger partial charge in [-0.1, -0.05) is 0 Å². The highest BCUT2D eigenvalue weighted by Crippen LogP contribution is 2.34. The van der Waals surface area contributed by atoms with Crippen molar-refractivity contribution in [2.24, 2.45) is 0 Å². The Kier molecular flexibility index (Phi) is 5.68. The fraction of sp³-hybridized carbons (Fsp3) is 0.480. The summed E-state index contributed by atoms with van der Waals surface area (Å²) in [7, 11) is 0. The van der Waals surface area contributed by atoms with Crippen LogP contribution in [0.1, 0.15) is 28.3 Å². The monoisotopic (exact) mass is 462 g/mol. The highest BCUT2D eigenvalue weighted by atomic mass is 16.5. The van der Waals surface area contributed by atoms with Gasteiger partial charge in [0.15, 0.2) is 5.65 Å². The molecule has 9 heteroatoms. The van der Waals surface area contributed by atoms with Gasteiger partial charge in [0.1, 0.15) is 5.52 Å². The minimum atomic E-state index is 0.0894. The molecule has 5 heterocycles. The van der Waals surface area contributed by atoms with Crippen LogP contribution in [-0.2, 0) is 22.4 Å². The largest absolute Gasteiger partial charge is 0.378 e. The number of aromatic amines is 1. The number of nitrogens with one attached hydrogen (secondary N) is 2. The quantitative estimate of drug-likeness (QED) is 0.607. The lowest BCUT2D eigenvalue weighted by atomic mass is 9.88. The lowest BCUT2D eigenvalue weighted by molar-refractivity contribution is 0.0420. The van der Waals surface area contributed by atoms with Gasteiger partial charge in [-0.05, 0) is 47.7 Å². The maximum atomic E-state index is 13.2. The van der Waals surface area contributed by atoms with Gasteiger partial charge in [-0.15, -0.1) is 0 Å². The molecule has 0 saturated carbocycles. The van der Waals surface area contributed by atoms with Crippen LogP contribution in [-0.4, -0.2) is 83.4 Å². The fourth-order valence-corrected chi connectivity index (χ4v) is 5.19. The molecule has 2 fully saturated rings. The first kappa shape index (κ1) is 21.5. The Morgan fingerprint density at radius 2 is 2.00 bits per heavy atom. The molecule has 34 heavy (non-hydrogen) atoms. The average molecular weight is 463 g/mol. The third-order valence-corrected chi connectivity index (χ3v) is 7.09. The molecular weight excluding hydrogens is 432 g/mol. The van der Waals surface area contributed by atoms with Crippen LogP contribution in [0, 0.1) is 6.92 Å². The smallest absolute Gasteiger partial charge is 0.320 e. The predicted molar refractivity (Wildman–Crippen MR) is 128 cm³/mol. The molecule has 1 atom stereocenters. The molecule has 3 aliphatic rings. The molecule has 3 aliphatic heterocycles. The minimum Gasteiger partial charge on any atom is -0.378 e. The Labute approximate surface area is 198 Å². The number of fused-ring (bicyclic) bond motifs is 2. The highest BCUT2D eigenvalue weighted by molar-refractivity contribution is 5.78. The number of hydrogen-bond acceptors (Lipinski definition) is 6. The van der Waals surface area contributed by atoms with Gasteiger partial charge in [0, 0.05) is 44.5 Å². The lowest BCUT2D eigenvalue weighted by Gasteiger charge is -2.37. The molecule has 0 aliphatic carbocycles. The molecular formula is C25H30N6O3. The van der Waals surface area contributed by atoms with Crippen molar-refractivity contribution in [2.45, 2.75) is 25.9 Å². The predicted octanol–water partition coefficient (Wildman–Crippen LogP) is 2.40. The number of ether oxygens (including phenoxy) is 2. The molecule has 2 saturated heterocycles. The number of morpholine rings is 2.